The van der Waals surface area contributed by atoms with Crippen LogP contribution in [0, 0.1) is 22.7 Å². The summed E-state index contributed by atoms with van der Waals surface area (Å²) in [5.41, 5.74) is 4.12. The lowest BCUT2D eigenvalue weighted by molar-refractivity contribution is 0.218. The van der Waals surface area contributed by atoms with Crippen LogP contribution in [-0.4, -0.2) is 13.3 Å². The van der Waals surface area contributed by atoms with Gasteiger partial charge in [-0.15, -0.1) is 11.3 Å². The van der Waals surface area contributed by atoms with Gasteiger partial charge >= 0.3 is 0 Å². The predicted octanol–water partition coefficient (Wildman–Crippen LogP) is 8.63. The van der Waals surface area contributed by atoms with Crippen LogP contribution in [0.15, 0.2) is 50.3 Å². The van der Waals surface area contributed by atoms with Gasteiger partial charge in [0.2, 0.25) is 0 Å². The number of fused-ring (bicyclic) bond motifs is 1. The van der Waals surface area contributed by atoms with Crippen molar-refractivity contribution in [2.75, 3.05) is 7.11 Å². The highest BCUT2D eigenvalue weighted by Crippen LogP contribution is 2.45. The molecule has 1 aliphatic carbocycles. The molecule has 2 aromatic carbocycles. The molecule has 0 aliphatic heterocycles. The van der Waals surface area contributed by atoms with Crippen LogP contribution in [0.2, 0.25) is 0 Å². The first-order valence-electron chi connectivity index (χ1n) is 11.5. The topological polar surface area (TPSA) is 54.6 Å². The largest absolute Gasteiger partial charge is 0.493 e. The fourth-order valence-corrected chi connectivity index (χ4v) is 6.40. The van der Waals surface area contributed by atoms with Crippen molar-refractivity contribution in [3.05, 3.63) is 72.5 Å². The van der Waals surface area contributed by atoms with E-state index in [9.17, 15) is 5.26 Å². The SMILES string of the molecule is COc1cc(C=Nc2sc3c(c2C#N)CC[C@@H](C(C)(C)C)C3)cc(Br)c1OCc1ccc(Br)cc1. The van der Waals surface area contributed by atoms with Crippen molar-refractivity contribution in [1.29, 1.82) is 5.26 Å². The molecule has 1 heterocycles. The van der Waals surface area contributed by atoms with E-state index < -0.39 is 0 Å². The van der Waals surface area contributed by atoms with E-state index in [2.05, 4.69) is 58.7 Å². The Morgan fingerprint density at radius 2 is 1.94 bits per heavy atom. The molecule has 0 amide bonds. The Hall–Kier alpha value is -2.14. The maximum atomic E-state index is 9.85. The minimum atomic E-state index is 0.266. The van der Waals surface area contributed by atoms with Crippen molar-refractivity contribution < 1.29 is 9.47 Å². The Labute approximate surface area is 228 Å². The minimum Gasteiger partial charge on any atom is -0.493 e. The summed E-state index contributed by atoms with van der Waals surface area (Å²) in [7, 11) is 1.63. The quantitative estimate of drug-likeness (QED) is 0.261. The van der Waals surface area contributed by atoms with Crippen molar-refractivity contribution in [3.8, 4) is 17.6 Å². The van der Waals surface area contributed by atoms with Gasteiger partial charge in [-0.3, -0.25) is 0 Å². The summed E-state index contributed by atoms with van der Waals surface area (Å²) in [6.07, 6.45) is 4.90. The van der Waals surface area contributed by atoms with Crippen LogP contribution in [0.5, 0.6) is 11.5 Å². The maximum Gasteiger partial charge on any atom is 0.175 e. The molecule has 0 spiro atoms. The second-order valence-electron chi connectivity index (χ2n) is 9.81. The van der Waals surface area contributed by atoms with Crippen LogP contribution in [0.3, 0.4) is 0 Å². The highest BCUT2D eigenvalue weighted by atomic mass is 79.9. The minimum absolute atomic E-state index is 0.266. The molecule has 1 aliphatic rings. The Morgan fingerprint density at radius 1 is 1.20 bits per heavy atom. The third kappa shape index (κ3) is 5.99. The van der Waals surface area contributed by atoms with Gasteiger partial charge in [-0.25, -0.2) is 4.99 Å². The van der Waals surface area contributed by atoms with E-state index in [0.29, 0.717) is 24.0 Å². The number of rotatable bonds is 6. The molecule has 182 valence electrons. The zero-order valence-electron chi connectivity index (χ0n) is 20.3. The number of aliphatic imine (C=N–C) groups is 1. The maximum absolute atomic E-state index is 9.85. The molecule has 4 rings (SSSR count). The first-order chi connectivity index (χ1) is 16.7. The smallest absolute Gasteiger partial charge is 0.175 e. The van der Waals surface area contributed by atoms with E-state index in [0.717, 1.165) is 49.9 Å². The lowest BCUT2D eigenvalue weighted by Gasteiger charge is -2.33. The summed E-state index contributed by atoms with van der Waals surface area (Å²) < 4.78 is 13.5. The normalized spacial score (nSPS) is 15.6. The molecule has 0 radical (unpaired) electrons. The third-order valence-corrected chi connectivity index (χ3v) is 8.74. The summed E-state index contributed by atoms with van der Waals surface area (Å²) in [4.78, 5) is 6.05. The Kier molecular flexibility index (Phi) is 8.05. The van der Waals surface area contributed by atoms with E-state index in [4.69, 9.17) is 14.5 Å². The highest BCUT2D eigenvalue weighted by molar-refractivity contribution is 9.10. The summed E-state index contributed by atoms with van der Waals surface area (Å²) >= 11 is 8.74. The average molecular weight is 616 g/mol. The molecule has 0 saturated carbocycles. The van der Waals surface area contributed by atoms with Gasteiger partial charge in [-0.05, 0) is 87.5 Å². The van der Waals surface area contributed by atoms with Crippen molar-refractivity contribution in [2.24, 2.45) is 16.3 Å². The number of halogens is 2. The van der Waals surface area contributed by atoms with Crippen molar-refractivity contribution in [1.82, 2.24) is 0 Å². The summed E-state index contributed by atoms with van der Waals surface area (Å²) in [6.45, 7) is 7.34. The molecule has 0 unspecified atom stereocenters. The number of methoxy groups -OCH3 is 1. The first-order valence-corrected chi connectivity index (χ1v) is 13.9. The molecular weight excluding hydrogens is 588 g/mol. The number of nitrogens with zero attached hydrogens (tertiary/aromatic N) is 2. The number of nitriles is 1. The molecule has 0 bridgehead atoms. The fraction of sp³-hybridized carbons (Fsp3) is 0.357. The Bertz CT molecular complexity index is 1280. The monoisotopic (exact) mass is 614 g/mol. The second-order valence-corrected chi connectivity index (χ2v) is 12.7. The molecule has 0 N–H and O–H groups in total. The van der Waals surface area contributed by atoms with E-state index >= 15 is 0 Å². The molecular formula is C28H28Br2N2O2S. The van der Waals surface area contributed by atoms with E-state index in [-0.39, 0.29) is 5.41 Å². The number of benzene rings is 2. The Balaban J connectivity index is 1.55. The third-order valence-electron chi connectivity index (χ3n) is 6.46. The molecule has 1 aromatic heterocycles. The molecule has 4 nitrogen and oxygen atoms in total. The number of thiophene rings is 1. The second kappa shape index (κ2) is 10.9. The molecule has 35 heavy (non-hydrogen) atoms. The standard InChI is InChI=1S/C28H28Br2N2O2S/c1-28(2,3)19-7-10-21-22(14-31)27(35-25(21)13-19)32-15-18-11-23(30)26(24(12-18)33-4)34-16-17-5-8-20(29)9-6-17/h5-6,8-9,11-12,15,19H,7,10,13,16H2,1-4H3/t19-/m1/s1. The fourth-order valence-electron chi connectivity index (χ4n) is 4.34. The van der Waals surface area contributed by atoms with Gasteiger partial charge in [0.1, 0.15) is 17.7 Å². The zero-order chi connectivity index (χ0) is 25.2. The van der Waals surface area contributed by atoms with E-state index in [1.54, 1.807) is 24.7 Å². The van der Waals surface area contributed by atoms with Gasteiger partial charge in [0.15, 0.2) is 11.5 Å². The molecule has 3 aromatic rings. The number of hydrogen-bond donors (Lipinski definition) is 0. The van der Waals surface area contributed by atoms with Gasteiger partial charge in [-0.1, -0.05) is 48.8 Å². The molecule has 0 fully saturated rings. The molecule has 0 saturated heterocycles. The number of ether oxygens (including phenoxy) is 2. The van der Waals surface area contributed by atoms with Crippen LogP contribution in [0.1, 0.15) is 54.3 Å². The zero-order valence-corrected chi connectivity index (χ0v) is 24.3. The van der Waals surface area contributed by atoms with Crippen molar-refractivity contribution in [3.63, 3.8) is 0 Å². The van der Waals surface area contributed by atoms with Crippen LogP contribution in [-0.2, 0) is 19.4 Å². The number of hydrogen-bond acceptors (Lipinski definition) is 5. The lowest BCUT2D eigenvalue weighted by Crippen LogP contribution is -2.26. The van der Waals surface area contributed by atoms with Gasteiger partial charge in [0.25, 0.3) is 0 Å². The highest BCUT2D eigenvalue weighted by Gasteiger charge is 2.32. The van der Waals surface area contributed by atoms with Crippen LogP contribution in [0.4, 0.5) is 5.00 Å². The predicted molar refractivity (Wildman–Crippen MR) is 150 cm³/mol. The van der Waals surface area contributed by atoms with E-state index in [1.807, 2.05) is 36.4 Å². The summed E-state index contributed by atoms with van der Waals surface area (Å²) in [5.74, 6) is 1.89. The summed E-state index contributed by atoms with van der Waals surface area (Å²) in [6, 6.07) is 14.3. The van der Waals surface area contributed by atoms with Gasteiger partial charge in [0.05, 0.1) is 17.1 Å². The van der Waals surface area contributed by atoms with Gasteiger partial charge in [-0.2, -0.15) is 5.26 Å². The first kappa shape index (κ1) is 25.9. The van der Waals surface area contributed by atoms with Crippen LogP contribution >= 0.6 is 43.2 Å². The van der Waals surface area contributed by atoms with Gasteiger partial charge < -0.3 is 9.47 Å². The van der Waals surface area contributed by atoms with Crippen LogP contribution < -0.4 is 9.47 Å². The van der Waals surface area contributed by atoms with Crippen LogP contribution in [0.25, 0.3) is 0 Å². The van der Waals surface area contributed by atoms with Gasteiger partial charge in [0, 0.05) is 15.6 Å². The summed E-state index contributed by atoms with van der Waals surface area (Å²) in [5, 5.41) is 10.6. The molecule has 1 atom stereocenters. The average Bonchev–Trinajstić information content (AvgIpc) is 3.19. The van der Waals surface area contributed by atoms with E-state index in [1.165, 1.54) is 10.4 Å². The lowest BCUT2D eigenvalue weighted by atomic mass is 9.72. The molecule has 7 heteroatoms. The van der Waals surface area contributed by atoms with Crippen molar-refractivity contribution in [2.45, 2.75) is 46.6 Å². The Morgan fingerprint density at radius 3 is 2.60 bits per heavy atom. The van der Waals surface area contributed by atoms with Crippen molar-refractivity contribution >= 4 is 54.4 Å².